The summed E-state index contributed by atoms with van der Waals surface area (Å²) in [6, 6.07) is 3.08. The molecule has 0 aliphatic heterocycles. The number of hydrogen-bond acceptors (Lipinski definition) is 4. The smallest absolute Gasteiger partial charge is 0.248 e. The van der Waals surface area contributed by atoms with Gasteiger partial charge >= 0.3 is 0 Å². The van der Waals surface area contributed by atoms with Gasteiger partial charge in [0.1, 0.15) is 0 Å². The van der Waals surface area contributed by atoms with Crippen molar-refractivity contribution in [3.8, 4) is 0 Å². The molecule has 12 heavy (non-hydrogen) atoms. The minimum absolute atomic E-state index is 0.194. The number of hydrogen-bond donors (Lipinski definition) is 4. The molecule has 1 rings (SSSR count). The Balaban J connectivity index is 3.03. The first-order valence-electron chi connectivity index (χ1n) is 3.35. The highest BCUT2D eigenvalue weighted by Gasteiger charge is 1.94. The van der Waals surface area contributed by atoms with Crippen LogP contribution in [0.25, 0.3) is 5.70 Å². The molecule has 5 heteroatoms. The molecule has 0 aliphatic carbocycles. The van der Waals surface area contributed by atoms with Crippen LogP contribution in [0.1, 0.15) is 5.56 Å². The first-order valence-corrected chi connectivity index (χ1v) is 3.35. The Morgan fingerprint density at radius 3 is 3.00 bits per heavy atom. The first kappa shape index (κ1) is 8.35. The third-order valence-electron chi connectivity index (χ3n) is 1.35. The summed E-state index contributed by atoms with van der Waals surface area (Å²) in [6.07, 6.45) is 2.93. The van der Waals surface area contributed by atoms with Gasteiger partial charge in [0.25, 0.3) is 0 Å². The molecular formula is C7H10N4O. The fourth-order valence-electron chi connectivity index (χ4n) is 0.797. The van der Waals surface area contributed by atoms with Crippen molar-refractivity contribution >= 4 is 5.70 Å². The monoisotopic (exact) mass is 166 g/mol. The standard InChI is InChI=1S/C7H10N4O/c8-6(4-11-9)5-1-2-10-7(12)3-5/h1-4,11H,8-9H2,(H,10,12)/b6-4-. The van der Waals surface area contributed by atoms with Gasteiger partial charge in [0, 0.05) is 24.0 Å². The number of rotatable bonds is 2. The van der Waals surface area contributed by atoms with E-state index in [1.807, 2.05) is 0 Å². The van der Waals surface area contributed by atoms with Crippen LogP contribution >= 0.6 is 0 Å². The Morgan fingerprint density at radius 2 is 2.42 bits per heavy atom. The maximum Gasteiger partial charge on any atom is 0.248 e. The molecule has 1 aromatic rings. The van der Waals surface area contributed by atoms with E-state index in [0.717, 1.165) is 0 Å². The molecule has 1 aromatic heterocycles. The number of nitrogens with two attached hydrogens (primary N) is 2. The molecule has 0 aliphatic rings. The number of pyridine rings is 1. The van der Waals surface area contributed by atoms with Crippen molar-refractivity contribution in [3.63, 3.8) is 0 Å². The predicted molar refractivity (Wildman–Crippen MR) is 46.6 cm³/mol. The van der Waals surface area contributed by atoms with Crippen molar-refractivity contribution in [2.75, 3.05) is 0 Å². The SMILES string of the molecule is NN/C=C(\N)c1cc[nH]c(=O)c1. The third-order valence-corrected chi connectivity index (χ3v) is 1.35. The summed E-state index contributed by atoms with van der Waals surface area (Å²) >= 11 is 0. The average Bonchev–Trinajstić information content (AvgIpc) is 2.05. The summed E-state index contributed by atoms with van der Waals surface area (Å²) in [5.41, 5.74) is 8.69. The molecular weight excluding hydrogens is 156 g/mol. The Morgan fingerprint density at radius 1 is 1.67 bits per heavy atom. The van der Waals surface area contributed by atoms with E-state index in [1.54, 1.807) is 6.07 Å². The maximum atomic E-state index is 10.8. The number of aromatic nitrogens is 1. The van der Waals surface area contributed by atoms with Crippen LogP contribution in [-0.4, -0.2) is 4.98 Å². The van der Waals surface area contributed by atoms with Crippen molar-refractivity contribution in [2.45, 2.75) is 0 Å². The minimum Gasteiger partial charge on any atom is -0.397 e. The average molecular weight is 166 g/mol. The van der Waals surface area contributed by atoms with Gasteiger partial charge in [-0.15, -0.1) is 0 Å². The van der Waals surface area contributed by atoms with Gasteiger partial charge in [-0.1, -0.05) is 0 Å². The lowest BCUT2D eigenvalue weighted by atomic mass is 10.2. The quantitative estimate of drug-likeness (QED) is 0.338. The molecule has 0 saturated carbocycles. The normalized spacial score (nSPS) is 11.2. The van der Waals surface area contributed by atoms with Gasteiger partial charge in [-0.25, -0.2) is 0 Å². The van der Waals surface area contributed by atoms with Crippen LogP contribution < -0.4 is 22.6 Å². The zero-order valence-corrected chi connectivity index (χ0v) is 6.37. The molecule has 0 fully saturated rings. The Labute approximate surface area is 69.1 Å². The van der Waals surface area contributed by atoms with Gasteiger partial charge in [0.2, 0.25) is 5.56 Å². The van der Waals surface area contributed by atoms with E-state index in [9.17, 15) is 4.79 Å². The van der Waals surface area contributed by atoms with Crippen molar-refractivity contribution < 1.29 is 0 Å². The predicted octanol–water partition coefficient (Wildman–Crippen LogP) is -0.905. The van der Waals surface area contributed by atoms with Gasteiger partial charge in [-0.3, -0.25) is 10.6 Å². The third kappa shape index (κ3) is 1.86. The van der Waals surface area contributed by atoms with E-state index in [4.69, 9.17) is 11.6 Å². The highest BCUT2D eigenvalue weighted by Crippen LogP contribution is 2.01. The number of H-pyrrole nitrogens is 1. The van der Waals surface area contributed by atoms with Crippen molar-refractivity contribution in [3.05, 3.63) is 40.4 Å². The van der Waals surface area contributed by atoms with Crippen LogP contribution in [0.3, 0.4) is 0 Å². The molecule has 0 spiro atoms. The topological polar surface area (TPSA) is 96.9 Å². The molecule has 5 nitrogen and oxygen atoms in total. The van der Waals surface area contributed by atoms with Crippen LogP contribution in [0.2, 0.25) is 0 Å². The fraction of sp³-hybridized carbons (Fsp3) is 0. The molecule has 0 atom stereocenters. The molecule has 0 bridgehead atoms. The lowest BCUT2D eigenvalue weighted by Gasteiger charge is -1.99. The first-order chi connectivity index (χ1) is 5.74. The lowest BCUT2D eigenvalue weighted by molar-refractivity contribution is 0.967. The molecule has 1 heterocycles. The van der Waals surface area contributed by atoms with E-state index in [-0.39, 0.29) is 5.56 Å². The van der Waals surface area contributed by atoms with Crippen LogP contribution in [0.4, 0.5) is 0 Å². The summed E-state index contributed by atoms with van der Waals surface area (Å²) in [6.45, 7) is 0. The van der Waals surface area contributed by atoms with Crippen molar-refractivity contribution in [1.82, 2.24) is 10.4 Å². The second-order valence-corrected chi connectivity index (χ2v) is 2.21. The maximum absolute atomic E-state index is 10.8. The van der Waals surface area contributed by atoms with Gasteiger partial charge in [-0.2, -0.15) is 0 Å². The highest BCUT2D eigenvalue weighted by molar-refractivity contribution is 5.61. The second-order valence-electron chi connectivity index (χ2n) is 2.21. The zero-order chi connectivity index (χ0) is 8.97. The molecule has 0 radical (unpaired) electrons. The second kappa shape index (κ2) is 3.59. The Kier molecular flexibility index (Phi) is 2.49. The summed E-state index contributed by atoms with van der Waals surface area (Å²) in [5.74, 6) is 5.01. The number of aromatic amines is 1. The Bertz CT molecular complexity index is 341. The van der Waals surface area contributed by atoms with Crippen molar-refractivity contribution in [1.29, 1.82) is 0 Å². The summed E-state index contributed by atoms with van der Waals surface area (Å²) in [4.78, 5) is 13.3. The largest absolute Gasteiger partial charge is 0.397 e. The number of nitrogens with one attached hydrogen (secondary N) is 2. The van der Waals surface area contributed by atoms with Crippen LogP contribution in [-0.2, 0) is 0 Å². The van der Waals surface area contributed by atoms with E-state index in [1.165, 1.54) is 18.5 Å². The molecule has 64 valence electrons. The van der Waals surface area contributed by atoms with Crippen molar-refractivity contribution in [2.24, 2.45) is 11.6 Å². The van der Waals surface area contributed by atoms with E-state index < -0.39 is 0 Å². The lowest BCUT2D eigenvalue weighted by Crippen LogP contribution is -2.16. The summed E-state index contributed by atoms with van der Waals surface area (Å²) in [7, 11) is 0. The minimum atomic E-state index is -0.194. The summed E-state index contributed by atoms with van der Waals surface area (Å²) < 4.78 is 0. The molecule has 0 unspecified atom stereocenters. The van der Waals surface area contributed by atoms with Gasteiger partial charge < -0.3 is 16.1 Å². The Hall–Kier alpha value is -1.75. The highest BCUT2D eigenvalue weighted by atomic mass is 16.1. The molecule has 6 N–H and O–H groups in total. The molecule has 0 aromatic carbocycles. The van der Waals surface area contributed by atoms with E-state index in [0.29, 0.717) is 11.3 Å². The van der Waals surface area contributed by atoms with Crippen LogP contribution in [0.15, 0.2) is 29.3 Å². The molecule has 0 amide bonds. The zero-order valence-electron chi connectivity index (χ0n) is 6.37. The number of hydrazine groups is 1. The van der Waals surface area contributed by atoms with Crippen LogP contribution in [0, 0.1) is 0 Å². The van der Waals surface area contributed by atoms with Gasteiger partial charge in [0.05, 0.1) is 5.70 Å². The van der Waals surface area contributed by atoms with E-state index >= 15 is 0 Å². The fourth-order valence-corrected chi connectivity index (χ4v) is 0.797. The van der Waals surface area contributed by atoms with Gasteiger partial charge in [-0.05, 0) is 6.07 Å². The van der Waals surface area contributed by atoms with Crippen LogP contribution in [0.5, 0.6) is 0 Å². The van der Waals surface area contributed by atoms with Gasteiger partial charge in [0.15, 0.2) is 0 Å². The summed E-state index contributed by atoms with van der Waals surface area (Å²) in [5, 5.41) is 0. The van der Waals surface area contributed by atoms with E-state index in [2.05, 4.69) is 10.4 Å². The molecule has 0 saturated heterocycles.